The standard InChI is InChI=1S/C26H14O3/c27-24-18-10-4-5-11-19(18)25(28)22(24)14-21-17-9-3-2-8-16(17)20-13-15-7-1-6-12-23(15)29-26(20)21/h1-14H. The van der Waals surface area contributed by atoms with Gasteiger partial charge in [0.25, 0.3) is 0 Å². The molecule has 0 spiro atoms. The molecule has 6 rings (SSSR count). The number of para-hydroxylation sites is 1. The molecule has 3 aromatic rings. The molecule has 1 aliphatic heterocycles. The average molecular weight is 374 g/mol. The highest BCUT2D eigenvalue weighted by atomic mass is 16.3. The van der Waals surface area contributed by atoms with Gasteiger partial charge in [-0.25, -0.2) is 0 Å². The number of Topliss-reactive ketones (excluding diaryl/α,β-unsaturated/α-hetero) is 2. The van der Waals surface area contributed by atoms with Gasteiger partial charge in [0, 0.05) is 27.6 Å². The van der Waals surface area contributed by atoms with Crippen LogP contribution in [-0.2, 0) is 0 Å². The lowest BCUT2D eigenvalue weighted by Gasteiger charge is -2.05. The fraction of sp³-hybridized carbons (Fsp3) is 0. The molecule has 0 saturated carbocycles. The number of hydrogen-bond donors (Lipinski definition) is 0. The van der Waals surface area contributed by atoms with Gasteiger partial charge < -0.3 is 4.42 Å². The van der Waals surface area contributed by atoms with Crippen molar-refractivity contribution in [2.75, 3.05) is 0 Å². The number of benzene rings is 3. The van der Waals surface area contributed by atoms with E-state index in [2.05, 4.69) is 6.07 Å². The normalized spacial score (nSPS) is 13.6. The number of carbonyl (C=O) groups excluding carboxylic acids is 2. The fourth-order valence-electron chi connectivity index (χ4n) is 4.25. The third-order valence-corrected chi connectivity index (χ3v) is 5.62. The predicted octanol–water partition coefficient (Wildman–Crippen LogP) is 6.15. The molecular formula is C26H14O3. The van der Waals surface area contributed by atoms with Crippen LogP contribution >= 0.6 is 0 Å². The van der Waals surface area contributed by atoms with Crippen LogP contribution in [0, 0.1) is 0 Å². The van der Waals surface area contributed by atoms with E-state index in [1.807, 2.05) is 48.5 Å². The highest BCUT2D eigenvalue weighted by molar-refractivity contribution is 6.41. The van der Waals surface area contributed by atoms with Crippen molar-refractivity contribution in [3.63, 3.8) is 0 Å². The van der Waals surface area contributed by atoms with Gasteiger partial charge in [0.15, 0.2) is 11.6 Å². The maximum absolute atomic E-state index is 12.9. The van der Waals surface area contributed by atoms with E-state index in [1.165, 1.54) is 0 Å². The van der Waals surface area contributed by atoms with Crippen LogP contribution in [0.15, 0.2) is 88.9 Å². The Morgan fingerprint density at radius 2 is 1.28 bits per heavy atom. The van der Waals surface area contributed by atoms with Gasteiger partial charge in [-0.1, -0.05) is 66.7 Å². The number of hydrogen-bond acceptors (Lipinski definition) is 3. The minimum atomic E-state index is -0.232. The van der Waals surface area contributed by atoms with Crippen LogP contribution in [0.2, 0.25) is 0 Å². The molecule has 3 nitrogen and oxygen atoms in total. The third kappa shape index (κ3) is 2.18. The van der Waals surface area contributed by atoms with Gasteiger partial charge in [-0.05, 0) is 29.0 Å². The number of allylic oxidation sites excluding steroid dienone is 1. The molecule has 3 aromatic carbocycles. The van der Waals surface area contributed by atoms with Crippen LogP contribution in [0.4, 0.5) is 0 Å². The van der Waals surface area contributed by atoms with Crippen molar-refractivity contribution >= 4 is 39.4 Å². The monoisotopic (exact) mass is 374 g/mol. The molecule has 1 heterocycles. The lowest BCUT2D eigenvalue weighted by molar-refractivity contribution is 0.0990. The van der Waals surface area contributed by atoms with Crippen LogP contribution < -0.4 is 0 Å². The first-order chi connectivity index (χ1) is 14.2. The summed E-state index contributed by atoms with van der Waals surface area (Å²) in [5.74, 6) is 0.226. The second-order valence-corrected chi connectivity index (χ2v) is 7.25. The quantitative estimate of drug-likeness (QED) is 0.261. The summed E-state index contributed by atoms with van der Waals surface area (Å²) >= 11 is 0. The first kappa shape index (κ1) is 16.0. The van der Waals surface area contributed by atoms with E-state index in [4.69, 9.17) is 4.42 Å². The van der Waals surface area contributed by atoms with Gasteiger partial charge in [0.05, 0.1) is 5.57 Å². The van der Waals surface area contributed by atoms with Gasteiger partial charge in [0.1, 0.15) is 11.3 Å². The molecule has 0 radical (unpaired) electrons. The molecule has 0 atom stereocenters. The molecule has 29 heavy (non-hydrogen) atoms. The number of ketones is 2. The number of fused-ring (bicyclic) bond motifs is 5. The summed E-state index contributed by atoms with van der Waals surface area (Å²) in [5.41, 5.74) is 3.62. The predicted molar refractivity (Wildman–Crippen MR) is 113 cm³/mol. The molecule has 0 bridgehead atoms. The van der Waals surface area contributed by atoms with Crippen LogP contribution in [0.25, 0.3) is 39.1 Å². The lowest BCUT2D eigenvalue weighted by Crippen LogP contribution is -2.00. The summed E-state index contributed by atoms with van der Waals surface area (Å²) in [6, 6.07) is 24.9. The zero-order chi connectivity index (χ0) is 19.5. The SMILES string of the molecule is O=C1C(=Cc2c3oc4ccccc4cc-3c3ccccc23)C(=O)c2ccccc21. The smallest absolute Gasteiger partial charge is 0.197 e. The van der Waals surface area contributed by atoms with Gasteiger partial charge in [0.2, 0.25) is 0 Å². The summed E-state index contributed by atoms with van der Waals surface area (Å²) in [6.07, 6.45) is 1.70. The van der Waals surface area contributed by atoms with Gasteiger partial charge in [-0.15, -0.1) is 0 Å². The molecule has 136 valence electrons. The second kappa shape index (κ2) is 5.76. The zero-order valence-corrected chi connectivity index (χ0v) is 15.3. The first-order valence-corrected chi connectivity index (χ1v) is 9.45. The molecule has 3 aliphatic rings. The molecular weight excluding hydrogens is 360 g/mol. The van der Waals surface area contributed by atoms with Gasteiger partial charge in [-0.2, -0.15) is 0 Å². The third-order valence-electron chi connectivity index (χ3n) is 5.62. The largest absolute Gasteiger partial charge is 0.455 e. The molecule has 0 N–H and O–H groups in total. The average Bonchev–Trinajstić information content (AvgIpc) is 3.20. The van der Waals surface area contributed by atoms with Crippen LogP contribution in [-0.4, -0.2) is 11.6 Å². The molecule has 0 aromatic heterocycles. The molecule has 0 saturated heterocycles. The van der Waals surface area contributed by atoms with Crippen LogP contribution in [0.3, 0.4) is 0 Å². The van der Waals surface area contributed by atoms with E-state index in [-0.39, 0.29) is 17.1 Å². The Kier molecular flexibility index (Phi) is 3.18. The van der Waals surface area contributed by atoms with Crippen molar-refractivity contribution in [1.82, 2.24) is 0 Å². The van der Waals surface area contributed by atoms with Crippen LogP contribution in [0.5, 0.6) is 0 Å². The maximum atomic E-state index is 12.9. The highest BCUT2D eigenvalue weighted by Crippen LogP contribution is 2.43. The van der Waals surface area contributed by atoms with E-state index in [9.17, 15) is 9.59 Å². The van der Waals surface area contributed by atoms with E-state index in [1.54, 1.807) is 30.3 Å². The van der Waals surface area contributed by atoms with Crippen molar-refractivity contribution in [2.24, 2.45) is 0 Å². The topological polar surface area (TPSA) is 47.3 Å². The fourth-order valence-corrected chi connectivity index (χ4v) is 4.25. The molecule has 0 amide bonds. The van der Waals surface area contributed by atoms with Crippen molar-refractivity contribution < 1.29 is 14.0 Å². The van der Waals surface area contributed by atoms with Crippen LogP contribution in [0.1, 0.15) is 26.3 Å². The Labute approximate surface area is 166 Å². The number of rotatable bonds is 1. The Morgan fingerprint density at radius 3 is 2.03 bits per heavy atom. The van der Waals surface area contributed by atoms with E-state index in [0.717, 1.165) is 32.9 Å². The summed E-state index contributed by atoms with van der Waals surface area (Å²) < 4.78 is 6.25. The zero-order valence-electron chi connectivity index (χ0n) is 15.3. The summed E-state index contributed by atoms with van der Waals surface area (Å²) in [6.45, 7) is 0. The Hall–Kier alpha value is -3.98. The Morgan fingerprint density at radius 1 is 0.655 bits per heavy atom. The molecule has 0 fully saturated rings. The lowest BCUT2D eigenvalue weighted by atomic mass is 10.1. The summed E-state index contributed by atoms with van der Waals surface area (Å²) in [4.78, 5) is 25.8. The number of carbonyl (C=O) groups is 2. The molecule has 0 unspecified atom stereocenters. The second-order valence-electron chi connectivity index (χ2n) is 7.25. The highest BCUT2D eigenvalue weighted by Gasteiger charge is 2.33. The van der Waals surface area contributed by atoms with E-state index < -0.39 is 0 Å². The van der Waals surface area contributed by atoms with Crippen molar-refractivity contribution in [2.45, 2.75) is 0 Å². The maximum Gasteiger partial charge on any atom is 0.197 e. The molecule has 3 heteroatoms. The van der Waals surface area contributed by atoms with E-state index in [0.29, 0.717) is 16.9 Å². The summed E-state index contributed by atoms with van der Waals surface area (Å²) in [5, 5.41) is 3.01. The first-order valence-electron chi connectivity index (χ1n) is 9.45. The molecule has 2 aliphatic carbocycles. The summed E-state index contributed by atoms with van der Waals surface area (Å²) in [7, 11) is 0. The minimum absolute atomic E-state index is 0.187. The minimum Gasteiger partial charge on any atom is -0.455 e. The van der Waals surface area contributed by atoms with Gasteiger partial charge >= 0.3 is 0 Å². The Bertz CT molecular complexity index is 1450. The van der Waals surface area contributed by atoms with E-state index >= 15 is 0 Å². The van der Waals surface area contributed by atoms with Gasteiger partial charge in [-0.3, -0.25) is 9.59 Å². The van der Waals surface area contributed by atoms with Crippen molar-refractivity contribution in [3.8, 4) is 11.3 Å². The van der Waals surface area contributed by atoms with Crippen molar-refractivity contribution in [3.05, 3.63) is 101 Å². The Balaban J connectivity index is 1.68. The van der Waals surface area contributed by atoms with Crippen molar-refractivity contribution in [1.29, 1.82) is 0 Å².